The molecular formula is C27H45N3O4. The van der Waals surface area contributed by atoms with Crippen LogP contribution in [0.5, 0.6) is 0 Å². The normalized spacial score (nSPS) is 13.6. The summed E-state index contributed by atoms with van der Waals surface area (Å²) in [7, 11) is 0. The van der Waals surface area contributed by atoms with Gasteiger partial charge in [0, 0.05) is 12.1 Å². The molecule has 192 valence electrons. The van der Waals surface area contributed by atoms with Crippen molar-refractivity contribution in [3.05, 3.63) is 35.4 Å². The van der Waals surface area contributed by atoms with Gasteiger partial charge in [-0.15, -0.1) is 0 Å². The summed E-state index contributed by atoms with van der Waals surface area (Å²) >= 11 is 0. The zero-order chi connectivity index (χ0) is 26.1. The number of carbonyl (C=O) groups excluding carboxylic acids is 3. The fourth-order valence-corrected chi connectivity index (χ4v) is 3.65. The van der Waals surface area contributed by atoms with Gasteiger partial charge in [0.2, 0.25) is 11.8 Å². The minimum atomic E-state index is -0.852. The molecule has 0 aliphatic rings. The number of aryl methyl sites for hydroxylation is 1. The topological polar surface area (TPSA) is 87.7 Å². The zero-order valence-corrected chi connectivity index (χ0v) is 22.6. The summed E-state index contributed by atoms with van der Waals surface area (Å²) in [4.78, 5) is 41.2. The molecule has 1 aromatic rings. The van der Waals surface area contributed by atoms with Gasteiger partial charge in [0.25, 0.3) is 0 Å². The molecule has 2 N–H and O–H groups in total. The van der Waals surface area contributed by atoms with Gasteiger partial charge in [-0.25, -0.2) is 4.79 Å². The molecule has 7 heteroatoms. The quantitative estimate of drug-likeness (QED) is 0.451. The van der Waals surface area contributed by atoms with Gasteiger partial charge in [0.1, 0.15) is 17.7 Å². The van der Waals surface area contributed by atoms with Crippen LogP contribution in [0.2, 0.25) is 0 Å². The second kappa shape index (κ2) is 12.8. The fraction of sp³-hybridized carbons (Fsp3) is 0.667. The minimum Gasteiger partial charge on any atom is -0.444 e. The van der Waals surface area contributed by atoms with Gasteiger partial charge < -0.3 is 20.3 Å². The number of carbonyl (C=O) groups is 3. The second-order valence-electron chi connectivity index (χ2n) is 11.0. The Hall–Kier alpha value is -2.57. The Labute approximate surface area is 206 Å². The third-order valence-corrected chi connectivity index (χ3v) is 5.18. The third-order valence-electron chi connectivity index (χ3n) is 5.18. The average Bonchev–Trinajstić information content (AvgIpc) is 2.67. The van der Waals surface area contributed by atoms with E-state index in [1.54, 1.807) is 32.6 Å². The van der Waals surface area contributed by atoms with Crippen molar-refractivity contribution in [2.45, 2.75) is 111 Å². The van der Waals surface area contributed by atoms with Crippen LogP contribution in [0.4, 0.5) is 4.79 Å². The van der Waals surface area contributed by atoms with E-state index in [4.69, 9.17) is 4.74 Å². The molecule has 1 rings (SSSR count). The van der Waals surface area contributed by atoms with Crippen LogP contribution in [0.3, 0.4) is 0 Å². The first-order chi connectivity index (χ1) is 15.7. The van der Waals surface area contributed by atoms with Gasteiger partial charge in [0.15, 0.2) is 0 Å². The number of unbranched alkanes of at least 4 members (excludes halogenated alkanes) is 3. The molecule has 1 aromatic carbocycles. The van der Waals surface area contributed by atoms with Crippen LogP contribution in [0.15, 0.2) is 24.3 Å². The Morgan fingerprint density at radius 3 is 2.15 bits per heavy atom. The average molecular weight is 476 g/mol. The number of nitrogens with zero attached hydrogens (tertiary/aromatic N) is 1. The van der Waals surface area contributed by atoms with Crippen molar-refractivity contribution in [2.24, 2.45) is 0 Å². The maximum atomic E-state index is 13.7. The van der Waals surface area contributed by atoms with Crippen molar-refractivity contribution in [2.75, 3.05) is 6.54 Å². The minimum absolute atomic E-state index is 0.241. The number of amides is 3. The van der Waals surface area contributed by atoms with Crippen molar-refractivity contribution in [3.63, 3.8) is 0 Å². The Morgan fingerprint density at radius 1 is 1.00 bits per heavy atom. The SMILES string of the molecule is CCCCCCN(C(=O)C(C)NC(=O)OC(C)(C)C)C(C(=O)NC(C)(C)C)c1ccccc1C. The molecule has 0 heterocycles. The van der Waals surface area contributed by atoms with E-state index in [0.29, 0.717) is 6.54 Å². The highest BCUT2D eigenvalue weighted by Crippen LogP contribution is 2.27. The Kier molecular flexibility index (Phi) is 11.1. The van der Waals surface area contributed by atoms with Crippen LogP contribution in [0, 0.1) is 6.92 Å². The smallest absolute Gasteiger partial charge is 0.408 e. The van der Waals surface area contributed by atoms with Crippen LogP contribution < -0.4 is 10.6 Å². The Bertz CT molecular complexity index is 824. The largest absolute Gasteiger partial charge is 0.444 e. The highest BCUT2D eigenvalue weighted by Gasteiger charge is 2.36. The van der Waals surface area contributed by atoms with Crippen molar-refractivity contribution < 1.29 is 19.1 Å². The summed E-state index contributed by atoms with van der Waals surface area (Å²) in [6.07, 6.45) is 3.18. The molecule has 7 nitrogen and oxygen atoms in total. The lowest BCUT2D eigenvalue weighted by Gasteiger charge is -2.36. The predicted molar refractivity (Wildman–Crippen MR) is 137 cm³/mol. The first kappa shape index (κ1) is 29.5. The first-order valence-corrected chi connectivity index (χ1v) is 12.3. The van der Waals surface area contributed by atoms with Crippen LogP contribution in [-0.4, -0.2) is 46.5 Å². The number of alkyl carbamates (subject to hydrolysis) is 1. The summed E-state index contributed by atoms with van der Waals surface area (Å²) in [5.74, 6) is -0.560. The molecule has 0 saturated carbocycles. The fourth-order valence-electron chi connectivity index (χ4n) is 3.65. The zero-order valence-electron chi connectivity index (χ0n) is 22.6. The number of rotatable bonds is 10. The molecule has 2 atom stereocenters. The number of hydrogen-bond donors (Lipinski definition) is 2. The maximum Gasteiger partial charge on any atom is 0.408 e. The van der Waals surface area contributed by atoms with E-state index in [1.165, 1.54) is 0 Å². The predicted octanol–water partition coefficient (Wildman–Crippen LogP) is 5.27. The maximum absolute atomic E-state index is 13.7. The molecule has 0 radical (unpaired) electrons. The summed E-state index contributed by atoms with van der Waals surface area (Å²) in [6.45, 7) is 17.2. The highest BCUT2D eigenvalue weighted by molar-refractivity contribution is 5.92. The van der Waals surface area contributed by atoms with Crippen molar-refractivity contribution in [3.8, 4) is 0 Å². The second-order valence-corrected chi connectivity index (χ2v) is 11.0. The lowest BCUT2D eigenvalue weighted by molar-refractivity contribution is -0.142. The van der Waals surface area contributed by atoms with Gasteiger partial charge in [-0.1, -0.05) is 50.5 Å². The third kappa shape index (κ3) is 10.1. The summed E-state index contributed by atoms with van der Waals surface area (Å²) < 4.78 is 5.33. The van der Waals surface area contributed by atoms with E-state index in [-0.39, 0.29) is 11.8 Å². The molecule has 0 fully saturated rings. The summed E-state index contributed by atoms with van der Waals surface area (Å²) in [6, 6.07) is 5.96. The van der Waals surface area contributed by atoms with Gasteiger partial charge in [-0.2, -0.15) is 0 Å². The number of benzene rings is 1. The van der Waals surface area contributed by atoms with Gasteiger partial charge in [-0.05, 0) is 72.9 Å². The van der Waals surface area contributed by atoms with Crippen molar-refractivity contribution in [1.82, 2.24) is 15.5 Å². The van der Waals surface area contributed by atoms with E-state index in [2.05, 4.69) is 17.6 Å². The lowest BCUT2D eigenvalue weighted by Crippen LogP contribution is -2.54. The molecule has 0 spiro atoms. The molecule has 0 aliphatic heterocycles. The van der Waals surface area contributed by atoms with E-state index in [9.17, 15) is 14.4 Å². The van der Waals surface area contributed by atoms with E-state index < -0.39 is 29.3 Å². The number of ether oxygens (including phenoxy) is 1. The van der Waals surface area contributed by atoms with Crippen LogP contribution in [0.25, 0.3) is 0 Å². The molecule has 3 amide bonds. The Balaban J connectivity index is 3.34. The Morgan fingerprint density at radius 2 is 1.62 bits per heavy atom. The van der Waals surface area contributed by atoms with Crippen LogP contribution in [-0.2, 0) is 14.3 Å². The molecular weight excluding hydrogens is 430 g/mol. The van der Waals surface area contributed by atoms with E-state index in [0.717, 1.165) is 36.8 Å². The standard InChI is InChI=1S/C27H45N3O4/c1-10-11-12-15-18-30(24(32)20(3)28-25(33)34-27(7,8)9)22(23(31)29-26(4,5)6)21-17-14-13-16-19(21)2/h13-14,16-17,20,22H,10-12,15,18H2,1-9H3,(H,28,33)(H,29,31). The van der Waals surface area contributed by atoms with Crippen molar-refractivity contribution >= 4 is 17.9 Å². The monoisotopic (exact) mass is 475 g/mol. The number of hydrogen-bond acceptors (Lipinski definition) is 4. The van der Waals surface area contributed by atoms with Gasteiger partial charge in [0.05, 0.1) is 0 Å². The summed E-state index contributed by atoms with van der Waals surface area (Å²) in [5.41, 5.74) is 0.561. The van der Waals surface area contributed by atoms with E-state index in [1.807, 2.05) is 52.0 Å². The molecule has 2 unspecified atom stereocenters. The molecule has 0 bridgehead atoms. The molecule has 0 aliphatic carbocycles. The molecule has 34 heavy (non-hydrogen) atoms. The van der Waals surface area contributed by atoms with E-state index >= 15 is 0 Å². The summed E-state index contributed by atoms with van der Waals surface area (Å²) in [5, 5.41) is 5.69. The van der Waals surface area contributed by atoms with Gasteiger partial charge in [-0.3, -0.25) is 9.59 Å². The van der Waals surface area contributed by atoms with Crippen molar-refractivity contribution in [1.29, 1.82) is 0 Å². The van der Waals surface area contributed by atoms with Crippen LogP contribution in [0.1, 0.15) is 98.2 Å². The molecule has 0 saturated heterocycles. The number of nitrogens with one attached hydrogen (secondary N) is 2. The highest BCUT2D eigenvalue weighted by atomic mass is 16.6. The van der Waals surface area contributed by atoms with Crippen LogP contribution >= 0.6 is 0 Å². The first-order valence-electron chi connectivity index (χ1n) is 12.3. The molecule has 0 aromatic heterocycles. The van der Waals surface area contributed by atoms with Gasteiger partial charge >= 0.3 is 6.09 Å². The lowest BCUT2D eigenvalue weighted by atomic mass is 9.96.